The van der Waals surface area contributed by atoms with Gasteiger partial charge >= 0.3 is 0 Å². The van der Waals surface area contributed by atoms with Crippen molar-refractivity contribution in [3.63, 3.8) is 0 Å². The molecule has 0 heterocycles. The predicted octanol–water partition coefficient (Wildman–Crippen LogP) is 1.03. The van der Waals surface area contributed by atoms with Crippen LogP contribution in [0.5, 0.6) is 0 Å². The molecule has 1 rings (SSSR count). The summed E-state index contributed by atoms with van der Waals surface area (Å²) < 4.78 is 0. The van der Waals surface area contributed by atoms with Crippen molar-refractivity contribution in [2.45, 2.75) is 32.9 Å². The van der Waals surface area contributed by atoms with Gasteiger partial charge in [-0.15, -0.1) is 0 Å². The lowest BCUT2D eigenvalue weighted by Gasteiger charge is -2.29. The van der Waals surface area contributed by atoms with Gasteiger partial charge in [-0.05, 0) is 32.9 Å². The molecule has 0 aliphatic heterocycles. The second kappa shape index (κ2) is 7.65. The van der Waals surface area contributed by atoms with E-state index in [-0.39, 0.29) is 31.0 Å². The summed E-state index contributed by atoms with van der Waals surface area (Å²) in [4.78, 5) is 25.8. The zero-order valence-electron chi connectivity index (χ0n) is 12.2. The molecule has 20 heavy (non-hydrogen) atoms. The molecule has 0 spiro atoms. The second-order valence-electron chi connectivity index (χ2n) is 4.91. The molecule has 1 unspecified atom stereocenters. The van der Waals surface area contributed by atoms with Gasteiger partial charge in [0.05, 0.1) is 6.61 Å². The molecule has 0 bridgehead atoms. The Hall–Kier alpha value is -1.88. The van der Waals surface area contributed by atoms with E-state index in [1.54, 1.807) is 36.1 Å². The lowest BCUT2D eigenvalue weighted by molar-refractivity contribution is -0.135. The van der Waals surface area contributed by atoms with E-state index in [1.165, 1.54) is 0 Å². The zero-order valence-corrected chi connectivity index (χ0v) is 12.2. The minimum absolute atomic E-state index is 0.0225. The van der Waals surface area contributed by atoms with E-state index in [1.807, 2.05) is 19.9 Å². The number of carbonyl (C=O) groups is 2. The Morgan fingerprint density at radius 1 is 1.20 bits per heavy atom. The van der Waals surface area contributed by atoms with Gasteiger partial charge in [-0.3, -0.25) is 9.59 Å². The Kier molecular flexibility index (Phi) is 6.18. The lowest BCUT2D eigenvalue weighted by atomic mass is 10.2. The van der Waals surface area contributed by atoms with Gasteiger partial charge < -0.3 is 15.3 Å². The largest absolute Gasteiger partial charge is 0.395 e. The van der Waals surface area contributed by atoms with Crippen LogP contribution in [-0.4, -0.2) is 47.1 Å². The van der Waals surface area contributed by atoms with Gasteiger partial charge in [0.25, 0.3) is 5.91 Å². The van der Waals surface area contributed by atoms with E-state index in [0.717, 1.165) is 0 Å². The second-order valence-corrected chi connectivity index (χ2v) is 4.91. The summed E-state index contributed by atoms with van der Waals surface area (Å²) in [5, 5.41) is 11.7. The minimum atomic E-state index is -0.628. The summed E-state index contributed by atoms with van der Waals surface area (Å²) in [6, 6.07) is 8.11. The molecule has 0 aromatic heterocycles. The van der Waals surface area contributed by atoms with Crippen molar-refractivity contribution in [2.75, 3.05) is 13.2 Å². The van der Waals surface area contributed by atoms with E-state index in [0.29, 0.717) is 5.56 Å². The quantitative estimate of drug-likeness (QED) is 0.816. The molecule has 110 valence electrons. The van der Waals surface area contributed by atoms with Gasteiger partial charge in [0.15, 0.2) is 0 Å². The van der Waals surface area contributed by atoms with Gasteiger partial charge in [-0.1, -0.05) is 18.2 Å². The van der Waals surface area contributed by atoms with Crippen LogP contribution < -0.4 is 5.32 Å². The third kappa shape index (κ3) is 4.35. The maximum Gasteiger partial charge on any atom is 0.251 e. The van der Waals surface area contributed by atoms with Crippen LogP contribution in [0.1, 0.15) is 31.1 Å². The first-order chi connectivity index (χ1) is 9.47. The summed E-state index contributed by atoms with van der Waals surface area (Å²) in [7, 11) is 0. The number of benzene rings is 1. The summed E-state index contributed by atoms with van der Waals surface area (Å²) in [6.45, 7) is 5.57. The molecule has 2 amide bonds. The Morgan fingerprint density at radius 3 is 2.30 bits per heavy atom. The zero-order chi connectivity index (χ0) is 15.1. The third-order valence-corrected chi connectivity index (χ3v) is 3.00. The SMILES string of the molecule is CC(NC(=O)c1ccccc1)C(=O)N(CCO)C(C)C. The predicted molar refractivity (Wildman–Crippen MR) is 77.3 cm³/mol. The number of aliphatic hydroxyl groups is 1. The number of amides is 2. The van der Waals surface area contributed by atoms with Crippen LogP contribution >= 0.6 is 0 Å². The average molecular weight is 278 g/mol. The monoisotopic (exact) mass is 278 g/mol. The van der Waals surface area contributed by atoms with Crippen LogP contribution in [0.2, 0.25) is 0 Å². The fraction of sp³-hybridized carbons (Fsp3) is 0.467. The average Bonchev–Trinajstić information content (AvgIpc) is 2.44. The molecule has 0 saturated carbocycles. The maximum absolute atomic E-state index is 12.2. The van der Waals surface area contributed by atoms with Crippen molar-refractivity contribution < 1.29 is 14.7 Å². The van der Waals surface area contributed by atoms with Crippen LogP contribution in [0.15, 0.2) is 30.3 Å². The molecule has 0 saturated heterocycles. The molecule has 2 N–H and O–H groups in total. The van der Waals surface area contributed by atoms with Gasteiger partial charge in [-0.25, -0.2) is 0 Å². The number of nitrogens with zero attached hydrogens (tertiary/aromatic N) is 1. The topological polar surface area (TPSA) is 69.6 Å². The van der Waals surface area contributed by atoms with Crippen LogP contribution in [0.25, 0.3) is 0 Å². The van der Waals surface area contributed by atoms with Gasteiger partial charge in [0.1, 0.15) is 6.04 Å². The molecule has 5 nitrogen and oxygen atoms in total. The van der Waals surface area contributed by atoms with Gasteiger partial charge in [0, 0.05) is 18.2 Å². The van der Waals surface area contributed by atoms with Crippen molar-refractivity contribution >= 4 is 11.8 Å². The molecule has 1 atom stereocenters. The standard InChI is InChI=1S/C15H22N2O3/c1-11(2)17(9-10-18)15(20)12(3)16-14(19)13-7-5-4-6-8-13/h4-8,11-12,18H,9-10H2,1-3H3,(H,16,19). The number of rotatable bonds is 6. The highest BCUT2D eigenvalue weighted by Crippen LogP contribution is 2.04. The van der Waals surface area contributed by atoms with Crippen molar-refractivity contribution in [1.29, 1.82) is 0 Å². The minimum Gasteiger partial charge on any atom is -0.395 e. The number of carbonyl (C=O) groups excluding carboxylic acids is 2. The van der Waals surface area contributed by atoms with Crippen LogP contribution in [-0.2, 0) is 4.79 Å². The Labute approximate surface area is 119 Å². The van der Waals surface area contributed by atoms with Crippen molar-refractivity contribution in [3.05, 3.63) is 35.9 Å². The molecule has 0 fully saturated rings. The summed E-state index contributed by atoms with van der Waals surface area (Å²) >= 11 is 0. The molecule has 0 aliphatic rings. The Bertz CT molecular complexity index is 446. The number of hydrogen-bond donors (Lipinski definition) is 2. The van der Waals surface area contributed by atoms with E-state index in [4.69, 9.17) is 5.11 Å². The van der Waals surface area contributed by atoms with Gasteiger partial charge in [0.2, 0.25) is 5.91 Å². The lowest BCUT2D eigenvalue weighted by Crippen LogP contribution is -2.50. The third-order valence-electron chi connectivity index (χ3n) is 3.00. The van der Waals surface area contributed by atoms with Crippen LogP contribution in [0.4, 0.5) is 0 Å². The molecular weight excluding hydrogens is 256 g/mol. The van der Waals surface area contributed by atoms with E-state index in [2.05, 4.69) is 5.32 Å². The first kappa shape index (κ1) is 16.2. The van der Waals surface area contributed by atoms with E-state index < -0.39 is 6.04 Å². The highest BCUT2D eigenvalue weighted by molar-refractivity contribution is 5.97. The fourth-order valence-electron chi connectivity index (χ4n) is 1.91. The van der Waals surface area contributed by atoms with Crippen molar-refractivity contribution in [3.8, 4) is 0 Å². The first-order valence-electron chi connectivity index (χ1n) is 6.74. The highest BCUT2D eigenvalue weighted by Gasteiger charge is 2.23. The number of aliphatic hydroxyl groups excluding tert-OH is 1. The van der Waals surface area contributed by atoms with Crippen molar-refractivity contribution in [2.24, 2.45) is 0 Å². The van der Waals surface area contributed by atoms with E-state index in [9.17, 15) is 9.59 Å². The molecule has 1 aromatic rings. The van der Waals surface area contributed by atoms with Gasteiger partial charge in [-0.2, -0.15) is 0 Å². The molecular formula is C15H22N2O3. The summed E-state index contributed by atoms with van der Waals surface area (Å²) in [6.07, 6.45) is 0. The normalized spacial score (nSPS) is 12.1. The highest BCUT2D eigenvalue weighted by atomic mass is 16.3. The summed E-state index contributed by atoms with van der Waals surface area (Å²) in [5.41, 5.74) is 0.519. The summed E-state index contributed by atoms with van der Waals surface area (Å²) in [5.74, 6) is -0.475. The van der Waals surface area contributed by atoms with Crippen LogP contribution in [0.3, 0.4) is 0 Å². The first-order valence-corrected chi connectivity index (χ1v) is 6.74. The van der Waals surface area contributed by atoms with Crippen LogP contribution in [0, 0.1) is 0 Å². The molecule has 0 aliphatic carbocycles. The Balaban J connectivity index is 2.67. The van der Waals surface area contributed by atoms with Crippen molar-refractivity contribution in [1.82, 2.24) is 10.2 Å². The maximum atomic E-state index is 12.2. The fourth-order valence-corrected chi connectivity index (χ4v) is 1.91. The van der Waals surface area contributed by atoms with E-state index >= 15 is 0 Å². The molecule has 1 aromatic carbocycles. The Morgan fingerprint density at radius 2 is 1.80 bits per heavy atom. The number of nitrogens with one attached hydrogen (secondary N) is 1. The molecule has 5 heteroatoms. The molecule has 0 radical (unpaired) electrons. The smallest absolute Gasteiger partial charge is 0.251 e. The number of hydrogen-bond acceptors (Lipinski definition) is 3.